The Morgan fingerprint density at radius 1 is 0.917 bits per heavy atom. The number of hydrogen-bond donors (Lipinski definition) is 4. The zero-order chi connectivity index (χ0) is 7.71. The molecular formula is H5FeNaO7P2Ti. The van der Waals surface area contributed by atoms with E-state index in [4.69, 9.17) is 19.6 Å². The Kier molecular flexibility index (Phi) is 17.5. The van der Waals surface area contributed by atoms with Crippen molar-refractivity contribution in [3.8, 4) is 0 Å². The molecule has 0 rings (SSSR count). The van der Waals surface area contributed by atoms with Gasteiger partial charge in [-0.25, -0.2) is 9.13 Å². The van der Waals surface area contributed by atoms with Crippen LogP contribution in [-0.4, -0.2) is 49.1 Å². The Bertz CT molecular complexity index is 162. The summed E-state index contributed by atoms with van der Waals surface area (Å²) < 4.78 is 22.2. The minimum Gasteiger partial charge on any atom is 0 e. The van der Waals surface area contributed by atoms with Crippen molar-refractivity contribution < 1.29 is 71.8 Å². The van der Waals surface area contributed by atoms with Gasteiger partial charge in [-0.05, 0) is 0 Å². The van der Waals surface area contributed by atoms with Crippen molar-refractivity contribution in [2.45, 2.75) is 0 Å². The second-order valence-electron chi connectivity index (χ2n) is 1.06. The molecule has 0 aromatic rings. The molecule has 0 heterocycles. The maximum atomic E-state index is 9.63. The quantitative estimate of drug-likeness (QED) is 0.363. The molecule has 4 N–H and O–H groups in total. The summed E-state index contributed by atoms with van der Waals surface area (Å²) in [5.41, 5.74) is 0. The van der Waals surface area contributed by atoms with Crippen LogP contribution in [0.2, 0.25) is 0 Å². The third kappa shape index (κ3) is 22.9. The second-order valence-corrected chi connectivity index (χ2v) is 3.68. The fraction of sp³-hybridized carbons (Fsp3) is 0. The maximum Gasteiger partial charge on any atom is 0 e. The topological polar surface area (TPSA) is 124 Å². The average molecular weight is 306 g/mol. The summed E-state index contributed by atoms with van der Waals surface area (Å²) >= 11 is 0. The monoisotopic (exact) mass is 306 g/mol. The van der Waals surface area contributed by atoms with Crippen molar-refractivity contribution in [3.63, 3.8) is 0 Å². The molecule has 12 heavy (non-hydrogen) atoms. The van der Waals surface area contributed by atoms with E-state index in [1.165, 1.54) is 0 Å². The number of rotatable bonds is 2. The minimum atomic E-state index is -5.05. The van der Waals surface area contributed by atoms with E-state index in [0.29, 0.717) is 0 Å². The van der Waals surface area contributed by atoms with Crippen LogP contribution in [-0.2, 0) is 52.2 Å². The van der Waals surface area contributed by atoms with Crippen LogP contribution in [0.4, 0.5) is 0 Å². The first-order valence-electron chi connectivity index (χ1n) is 1.53. The molecule has 7 nitrogen and oxygen atoms in total. The van der Waals surface area contributed by atoms with Crippen molar-refractivity contribution >= 4 is 45.2 Å². The fourth-order valence-electron chi connectivity index (χ4n) is 0.139. The van der Waals surface area contributed by atoms with Crippen LogP contribution in [0.3, 0.4) is 0 Å². The Hall–Kier alpha value is 2.49. The molecule has 12 heteroatoms. The van der Waals surface area contributed by atoms with Crippen molar-refractivity contribution in [1.29, 1.82) is 0 Å². The van der Waals surface area contributed by atoms with Gasteiger partial charge in [-0.1, -0.05) is 0 Å². The predicted octanol–water partition coefficient (Wildman–Crippen LogP) is -1.47. The van der Waals surface area contributed by atoms with Gasteiger partial charge < -0.3 is 19.6 Å². The van der Waals surface area contributed by atoms with Crippen molar-refractivity contribution in [2.75, 3.05) is 0 Å². The molecule has 0 atom stereocenters. The average Bonchev–Trinajstić information content (AvgIpc) is 1.14. The molecule has 0 fully saturated rings. The van der Waals surface area contributed by atoms with E-state index in [9.17, 15) is 9.13 Å². The fourth-order valence-corrected chi connectivity index (χ4v) is 1.25. The Morgan fingerprint density at radius 3 is 1.08 bits per heavy atom. The molecule has 0 aromatic heterocycles. The molecule has 70 valence electrons. The van der Waals surface area contributed by atoms with Gasteiger partial charge in [0, 0.05) is 38.8 Å². The Morgan fingerprint density at radius 2 is 1.08 bits per heavy atom. The van der Waals surface area contributed by atoms with Gasteiger partial charge >= 0.3 is 45.2 Å². The normalized spacial score (nSPS) is 10.3. The molecule has 0 saturated heterocycles. The summed E-state index contributed by atoms with van der Waals surface area (Å²) in [7, 11) is -10.1. The van der Waals surface area contributed by atoms with Gasteiger partial charge in [-0.2, -0.15) is 4.31 Å². The molecule has 0 saturated carbocycles. The van der Waals surface area contributed by atoms with Crippen LogP contribution in [0.5, 0.6) is 0 Å². The Labute approximate surface area is 116 Å². The van der Waals surface area contributed by atoms with Crippen LogP contribution >= 0.6 is 15.6 Å². The predicted molar refractivity (Wildman–Crippen MR) is 32.3 cm³/mol. The number of hydrogen-bond acceptors (Lipinski definition) is 3. The smallest absolute Gasteiger partial charge is 0 e. The molecule has 0 spiro atoms. The molecule has 0 aromatic carbocycles. The van der Waals surface area contributed by atoms with E-state index in [0.717, 1.165) is 0 Å². The Balaban J connectivity index is -0.000000107. The molecule has 0 unspecified atom stereocenters. The number of phosphoric acid groups is 2. The van der Waals surface area contributed by atoms with Gasteiger partial charge in [0.05, 0.1) is 0 Å². The van der Waals surface area contributed by atoms with Crippen LogP contribution < -0.4 is 0 Å². The first kappa shape index (κ1) is 24.0. The summed E-state index contributed by atoms with van der Waals surface area (Å²) in [6.45, 7) is 0. The minimum absolute atomic E-state index is 0. The summed E-state index contributed by atoms with van der Waals surface area (Å²) in [6.07, 6.45) is 0. The van der Waals surface area contributed by atoms with E-state index in [2.05, 4.69) is 4.31 Å². The third-order valence-electron chi connectivity index (χ3n) is 0.213. The van der Waals surface area contributed by atoms with E-state index in [1.54, 1.807) is 0 Å². The first-order valence-corrected chi connectivity index (χ1v) is 4.59. The van der Waals surface area contributed by atoms with E-state index >= 15 is 0 Å². The summed E-state index contributed by atoms with van der Waals surface area (Å²) in [5.74, 6) is 0. The second kappa shape index (κ2) is 8.77. The van der Waals surface area contributed by atoms with E-state index in [1.807, 2.05) is 0 Å². The summed E-state index contributed by atoms with van der Waals surface area (Å²) in [5, 5.41) is 0. The van der Waals surface area contributed by atoms with Crippen LogP contribution in [0, 0.1) is 0 Å². The van der Waals surface area contributed by atoms with Gasteiger partial charge in [0.1, 0.15) is 0 Å². The zero-order valence-corrected chi connectivity index (χ0v) is 9.22. The SMILES string of the molecule is O=P(O)(O)OP(=O)(O)O.[Fe].[NaH].[Ti]. The molecule has 0 amide bonds. The summed E-state index contributed by atoms with van der Waals surface area (Å²) in [4.78, 5) is 31.0. The van der Waals surface area contributed by atoms with E-state index < -0.39 is 15.6 Å². The molecule has 0 radical (unpaired) electrons. The molecule has 0 aliphatic carbocycles. The molecular weight excluding hydrogens is 301 g/mol. The van der Waals surface area contributed by atoms with Gasteiger partial charge in [0.2, 0.25) is 0 Å². The van der Waals surface area contributed by atoms with E-state index in [-0.39, 0.29) is 68.3 Å². The van der Waals surface area contributed by atoms with Crippen LogP contribution in [0.15, 0.2) is 0 Å². The van der Waals surface area contributed by atoms with Crippen LogP contribution in [0.25, 0.3) is 0 Å². The van der Waals surface area contributed by atoms with Gasteiger partial charge in [0.15, 0.2) is 0 Å². The zero-order valence-electron chi connectivity index (χ0n) is 4.76. The molecule has 0 aliphatic heterocycles. The third-order valence-corrected chi connectivity index (χ3v) is 1.91. The standard InChI is InChI=1S/Fe.Na.H4O7P2.Ti.H/c;;1-8(2,3)7-9(4,5)6;;/h;;(H2,1,2,3)(H2,4,5,6);;. The molecule has 0 bridgehead atoms. The first-order chi connectivity index (χ1) is 3.71. The van der Waals surface area contributed by atoms with Gasteiger partial charge in [-0.3, -0.25) is 0 Å². The van der Waals surface area contributed by atoms with Crippen molar-refractivity contribution in [2.24, 2.45) is 0 Å². The maximum absolute atomic E-state index is 9.63. The molecule has 0 aliphatic rings. The van der Waals surface area contributed by atoms with Crippen molar-refractivity contribution in [3.05, 3.63) is 0 Å². The summed E-state index contributed by atoms with van der Waals surface area (Å²) in [6, 6.07) is 0. The van der Waals surface area contributed by atoms with Gasteiger partial charge in [0.25, 0.3) is 0 Å². The van der Waals surface area contributed by atoms with Crippen LogP contribution in [0.1, 0.15) is 0 Å². The largest absolute Gasteiger partial charge is 0 e. The van der Waals surface area contributed by atoms with Gasteiger partial charge in [-0.15, -0.1) is 0 Å². The van der Waals surface area contributed by atoms with Crippen molar-refractivity contribution in [1.82, 2.24) is 0 Å².